The first-order valence-electron chi connectivity index (χ1n) is 34.0. The molecule has 0 heterocycles. The van der Waals surface area contributed by atoms with E-state index in [1.54, 1.807) is 0 Å². The van der Waals surface area contributed by atoms with Crippen LogP contribution in [0.3, 0.4) is 0 Å². The molecule has 0 aromatic carbocycles. The minimum absolute atomic E-state index is 0.0613. The van der Waals surface area contributed by atoms with Crippen LogP contribution >= 0.6 is 0 Å². The normalized spacial score (nSPS) is 11.9. The molecule has 0 aliphatic heterocycles. The smallest absolute Gasteiger partial charge is 0.306 e. The van der Waals surface area contributed by atoms with E-state index in [4.69, 9.17) is 14.2 Å². The zero-order valence-electron chi connectivity index (χ0n) is 50.7. The van der Waals surface area contributed by atoms with Gasteiger partial charge >= 0.3 is 17.9 Å². The van der Waals surface area contributed by atoms with Crippen LogP contribution in [0.4, 0.5) is 0 Å². The Bertz CT molecular complexity index is 1110. The Morgan fingerprint density at radius 1 is 0.216 bits per heavy atom. The molecule has 0 radical (unpaired) electrons. The van der Waals surface area contributed by atoms with Gasteiger partial charge in [-0.15, -0.1) is 0 Å². The van der Waals surface area contributed by atoms with Crippen molar-refractivity contribution in [2.75, 3.05) is 13.2 Å². The summed E-state index contributed by atoms with van der Waals surface area (Å²) in [5.74, 6) is -0.834. The highest BCUT2D eigenvalue weighted by molar-refractivity contribution is 5.71. The number of esters is 3. The van der Waals surface area contributed by atoms with Gasteiger partial charge in [-0.3, -0.25) is 14.4 Å². The Balaban J connectivity index is 3.91. The first kappa shape index (κ1) is 72.4. The third-order valence-electron chi connectivity index (χ3n) is 15.9. The average Bonchev–Trinajstić information content (AvgIpc) is 3.40. The van der Waals surface area contributed by atoms with Gasteiger partial charge in [-0.25, -0.2) is 0 Å². The van der Waals surface area contributed by atoms with E-state index >= 15 is 0 Å². The molecule has 0 bridgehead atoms. The lowest BCUT2D eigenvalue weighted by atomic mass is 10.0. The first-order chi connectivity index (χ1) is 36.5. The van der Waals surface area contributed by atoms with Crippen molar-refractivity contribution in [3.63, 3.8) is 0 Å². The Morgan fingerprint density at radius 2 is 0.365 bits per heavy atom. The molecule has 0 aromatic rings. The Hall–Kier alpha value is -1.59. The van der Waals surface area contributed by atoms with Crippen LogP contribution in [-0.2, 0) is 28.6 Å². The SMILES string of the molecule is CCCCCCCCCCCCCCCCCCCCCCCCCCCCCCCCCCCCC(=O)OCC(COC(=O)CCCCCCCCCCCC)OC(=O)CCCCCCCCCCCCCC. The molecule has 0 saturated carbocycles. The number of rotatable bonds is 64. The van der Waals surface area contributed by atoms with Crippen LogP contribution in [0.5, 0.6) is 0 Å². The fourth-order valence-corrected chi connectivity index (χ4v) is 10.7. The fourth-order valence-electron chi connectivity index (χ4n) is 10.7. The first-order valence-corrected chi connectivity index (χ1v) is 34.0. The molecule has 6 nitrogen and oxygen atoms in total. The van der Waals surface area contributed by atoms with Crippen molar-refractivity contribution in [2.45, 2.75) is 406 Å². The fraction of sp³-hybridized carbons (Fsp3) is 0.956. The number of carbonyl (C=O) groups is 3. The van der Waals surface area contributed by atoms with Gasteiger partial charge in [0.2, 0.25) is 0 Å². The van der Waals surface area contributed by atoms with Crippen LogP contribution in [0.25, 0.3) is 0 Å². The summed E-state index contributed by atoms with van der Waals surface area (Å²) in [4.78, 5) is 38.1. The summed E-state index contributed by atoms with van der Waals surface area (Å²) in [5.41, 5.74) is 0. The van der Waals surface area contributed by atoms with Crippen LogP contribution in [0.15, 0.2) is 0 Å². The van der Waals surface area contributed by atoms with E-state index in [-0.39, 0.29) is 31.1 Å². The molecular weight excluding hydrogens is 913 g/mol. The molecule has 0 aliphatic rings. The summed E-state index contributed by atoms with van der Waals surface area (Å²) in [5, 5.41) is 0. The van der Waals surface area contributed by atoms with E-state index in [2.05, 4.69) is 20.8 Å². The zero-order valence-corrected chi connectivity index (χ0v) is 50.7. The molecule has 0 saturated heterocycles. The molecule has 74 heavy (non-hydrogen) atoms. The van der Waals surface area contributed by atoms with Gasteiger partial charge in [0.25, 0.3) is 0 Å². The minimum atomic E-state index is -0.761. The maximum absolute atomic E-state index is 12.8. The van der Waals surface area contributed by atoms with E-state index in [9.17, 15) is 14.4 Å². The third-order valence-corrected chi connectivity index (χ3v) is 15.9. The maximum Gasteiger partial charge on any atom is 0.306 e. The van der Waals surface area contributed by atoms with Crippen molar-refractivity contribution in [3.8, 4) is 0 Å². The average molecular weight is 1050 g/mol. The van der Waals surface area contributed by atoms with Crippen LogP contribution in [0, 0.1) is 0 Å². The standard InChI is InChI=1S/C68H132O6/c1-4-7-10-13-16-19-22-24-25-26-27-28-29-30-31-32-33-34-35-36-37-38-39-40-41-42-43-44-45-47-49-52-55-58-61-67(70)73-64-65(63-72-66(69)60-57-54-51-48-21-18-15-12-9-6-3)74-68(71)62-59-56-53-50-46-23-20-17-14-11-8-5-2/h65H,4-64H2,1-3H3. The van der Waals surface area contributed by atoms with Crippen molar-refractivity contribution >= 4 is 17.9 Å². The van der Waals surface area contributed by atoms with Gasteiger partial charge in [0.05, 0.1) is 0 Å². The molecule has 0 spiro atoms. The van der Waals surface area contributed by atoms with E-state index in [0.717, 1.165) is 57.8 Å². The van der Waals surface area contributed by atoms with Crippen molar-refractivity contribution < 1.29 is 28.6 Å². The summed E-state index contributed by atoms with van der Waals surface area (Å²) in [6.07, 6.45) is 74.5. The van der Waals surface area contributed by atoms with Crippen molar-refractivity contribution in [2.24, 2.45) is 0 Å². The van der Waals surface area contributed by atoms with Gasteiger partial charge in [0, 0.05) is 19.3 Å². The molecule has 0 fully saturated rings. The van der Waals surface area contributed by atoms with Crippen molar-refractivity contribution in [1.82, 2.24) is 0 Å². The highest BCUT2D eigenvalue weighted by Crippen LogP contribution is 2.19. The topological polar surface area (TPSA) is 78.9 Å². The van der Waals surface area contributed by atoms with Gasteiger partial charge in [0.1, 0.15) is 13.2 Å². The summed E-state index contributed by atoms with van der Waals surface area (Å²) in [6, 6.07) is 0. The summed E-state index contributed by atoms with van der Waals surface area (Å²) in [6.45, 7) is 6.70. The third kappa shape index (κ3) is 61.3. The molecular formula is C68H132O6. The number of unbranched alkanes of at least 4 members (excludes halogenated alkanes) is 53. The van der Waals surface area contributed by atoms with Crippen molar-refractivity contribution in [3.05, 3.63) is 0 Å². The van der Waals surface area contributed by atoms with Crippen LogP contribution < -0.4 is 0 Å². The second kappa shape index (κ2) is 63.9. The van der Waals surface area contributed by atoms with E-state index < -0.39 is 6.10 Å². The number of carbonyl (C=O) groups excluding carboxylic acids is 3. The second-order valence-electron chi connectivity index (χ2n) is 23.5. The quantitative estimate of drug-likeness (QED) is 0.0343. The van der Waals surface area contributed by atoms with Crippen molar-refractivity contribution in [1.29, 1.82) is 0 Å². The number of hydrogen-bond acceptors (Lipinski definition) is 6. The highest BCUT2D eigenvalue weighted by atomic mass is 16.6. The summed E-state index contributed by atoms with van der Waals surface area (Å²) in [7, 11) is 0. The van der Waals surface area contributed by atoms with Gasteiger partial charge in [-0.1, -0.05) is 361 Å². The second-order valence-corrected chi connectivity index (χ2v) is 23.5. The summed E-state index contributed by atoms with van der Waals surface area (Å²) < 4.78 is 16.9. The van der Waals surface area contributed by atoms with Crippen LogP contribution in [0.2, 0.25) is 0 Å². The lowest BCUT2D eigenvalue weighted by molar-refractivity contribution is -0.167. The summed E-state index contributed by atoms with van der Waals surface area (Å²) >= 11 is 0. The largest absolute Gasteiger partial charge is 0.462 e. The molecule has 0 aromatic heterocycles. The number of hydrogen-bond donors (Lipinski definition) is 0. The molecule has 440 valence electrons. The number of ether oxygens (including phenoxy) is 3. The Kier molecular flexibility index (Phi) is 62.6. The van der Waals surface area contributed by atoms with E-state index in [0.29, 0.717) is 19.3 Å². The molecule has 0 rings (SSSR count). The predicted octanol–water partition coefficient (Wildman–Crippen LogP) is 23.1. The van der Waals surface area contributed by atoms with Gasteiger partial charge in [-0.05, 0) is 19.3 Å². The van der Waals surface area contributed by atoms with Crippen LogP contribution in [-0.4, -0.2) is 37.2 Å². The van der Waals surface area contributed by atoms with Gasteiger partial charge < -0.3 is 14.2 Å². The minimum Gasteiger partial charge on any atom is -0.462 e. The lowest BCUT2D eigenvalue weighted by Crippen LogP contribution is -2.30. The molecule has 0 amide bonds. The molecule has 6 heteroatoms. The zero-order chi connectivity index (χ0) is 53.6. The van der Waals surface area contributed by atoms with Gasteiger partial charge in [0.15, 0.2) is 6.10 Å². The molecule has 0 aliphatic carbocycles. The lowest BCUT2D eigenvalue weighted by Gasteiger charge is -2.18. The highest BCUT2D eigenvalue weighted by Gasteiger charge is 2.19. The molecule has 0 N–H and O–H groups in total. The Morgan fingerprint density at radius 3 is 0.541 bits per heavy atom. The van der Waals surface area contributed by atoms with Gasteiger partial charge in [-0.2, -0.15) is 0 Å². The Labute approximate surface area is 463 Å². The van der Waals surface area contributed by atoms with E-state index in [1.807, 2.05) is 0 Å². The maximum atomic E-state index is 12.8. The predicted molar refractivity (Wildman–Crippen MR) is 321 cm³/mol. The molecule has 1 unspecified atom stereocenters. The monoisotopic (exact) mass is 1050 g/mol. The van der Waals surface area contributed by atoms with E-state index in [1.165, 1.54) is 302 Å². The molecule has 1 atom stereocenters. The van der Waals surface area contributed by atoms with Crippen LogP contribution in [0.1, 0.15) is 400 Å².